The Hall–Kier alpha value is -6.08. The van der Waals surface area contributed by atoms with Gasteiger partial charge in [0.05, 0.1) is 14.7 Å². The van der Waals surface area contributed by atoms with Gasteiger partial charge < -0.3 is 20.2 Å². The van der Waals surface area contributed by atoms with Crippen LogP contribution in [0.25, 0.3) is 49.5 Å². The van der Waals surface area contributed by atoms with E-state index in [0.29, 0.717) is 14.7 Å². The molecule has 3 fully saturated rings. The Morgan fingerprint density at radius 2 is 0.686 bits per heavy atom. The first kappa shape index (κ1) is 48.9. The smallest absolute Gasteiger partial charge is 0.323 e. The third-order valence-corrected chi connectivity index (χ3v) is 17.8. The van der Waals surface area contributed by atoms with Crippen molar-refractivity contribution in [1.29, 1.82) is 0 Å². The number of hydrogen-bond acceptors (Lipinski definition) is 16. The van der Waals surface area contributed by atoms with Crippen molar-refractivity contribution in [2.75, 3.05) is 24.5 Å². The van der Waals surface area contributed by atoms with E-state index >= 15 is 0 Å². The molecule has 3 aromatic carbocycles. The number of thiocarbonyl (C=S) groups is 3. The number of benzene rings is 3. The highest BCUT2D eigenvalue weighted by atomic mass is 32.2. The number of aliphatic carboxylic acids is 3. The summed E-state index contributed by atoms with van der Waals surface area (Å²) in [6.07, 6.45) is 5.19. The lowest BCUT2D eigenvalue weighted by atomic mass is 10.1. The fourth-order valence-electron chi connectivity index (χ4n) is 7.23. The molecule has 350 valence electrons. The summed E-state index contributed by atoms with van der Waals surface area (Å²) in [5.74, 6) is -4.73. The third kappa shape index (κ3) is 10.6. The molecule has 3 aromatic heterocycles. The van der Waals surface area contributed by atoms with Gasteiger partial charge in [-0.25, -0.2) is 0 Å². The predicted molar refractivity (Wildman–Crippen MR) is 294 cm³/mol. The van der Waals surface area contributed by atoms with E-state index in [4.69, 9.17) is 36.7 Å². The molecule has 0 spiro atoms. The second-order valence-corrected chi connectivity index (χ2v) is 23.4. The monoisotopic (exact) mass is 1090 g/mol. The Bertz CT molecular complexity index is 2950. The summed E-state index contributed by atoms with van der Waals surface area (Å²) in [7, 11) is 0. The van der Waals surface area contributed by atoms with Gasteiger partial charge >= 0.3 is 17.9 Å². The van der Waals surface area contributed by atoms with Crippen molar-refractivity contribution in [2.24, 2.45) is 0 Å². The quantitative estimate of drug-likeness (QED) is 0.0653. The Morgan fingerprint density at radius 1 is 0.429 bits per heavy atom. The van der Waals surface area contributed by atoms with Crippen LogP contribution in [0.4, 0.5) is 17.1 Å². The van der Waals surface area contributed by atoms with Crippen LogP contribution < -0.4 is 4.90 Å². The van der Waals surface area contributed by atoms with Gasteiger partial charge in [-0.2, -0.15) is 0 Å². The molecule has 3 saturated heterocycles. The van der Waals surface area contributed by atoms with E-state index < -0.39 is 55.3 Å². The number of amides is 3. The van der Waals surface area contributed by atoms with Gasteiger partial charge in [0.25, 0.3) is 17.7 Å². The molecule has 22 heteroatoms. The van der Waals surface area contributed by atoms with E-state index in [0.717, 1.165) is 113 Å². The maximum absolute atomic E-state index is 12.9. The number of carbonyl (C=O) groups excluding carboxylic acids is 3. The van der Waals surface area contributed by atoms with Crippen molar-refractivity contribution in [2.45, 2.75) is 0 Å². The zero-order valence-corrected chi connectivity index (χ0v) is 42.8. The van der Waals surface area contributed by atoms with Gasteiger partial charge in [-0.05, 0) is 108 Å². The Kier molecular flexibility index (Phi) is 14.5. The third-order valence-electron chi connectivity index (χ3n) is 10.4. The summed E-state index contributed by atoms with van der Waals surface area (Å²) in [5.41, 5.74) is 5.48. The van der Waals surface area contributed by atoms with Crippen molar-refractivity contribution >= 4 is 190 Å². The zero-order valence-electron chi connectivity index (χ0n) is 35.5. The van der Waals surface area contributed by atoms with Crippen LogP contribution in [-0.4, -0.2) is 98.2 Å². The Labute approximate surface area is 439 Å². The number of carboxylic acids is 3. The van der Waals surface area contributed by atoms with Gasteiger partial charge in [-0.1, -0.05) is 108 Å². The van der Waals surface area contributed by atoms with Crippen LogP contribution in [0.2, 0.25) is 0 Å². The molecule has 0 bridgehead atoms. The molecule has 0 aliphatic carbocycles. The summed E-state index contributed by atoms with van der Waals surface area (Å²) in [4.78, 5) is 84.3. The number of anilines is 3. The minimum Gasteiger partial charge on any atom is -0.480 e. The van der Waals surface area contributed by atoms with E-state index in [1.165, 1.54) is 34.0 Å². The standard InChI is InChI=1S/C48H30N4O9S9/c53-40(54)22-49-43(59)37(68-46(49)62)19-31-13-16-34(65-31)25-1-7-28(8-2-25)52(29-9-3-26(4-10-29)35-17-14-32(66-35)20-38-44(60)50(23-41(55)56)47(63)69-38)30-11-5-27(6-12-30)36-18-15-33(67-36)21-39-45(61)51(24-42(57)58)48(64)70-39/h1-21H,22-24H2,(H,53,54)(H,55,56)(H,57,58)/b37-19-,38-20+,39-21+. The van der Waals surface area contributed by atoms with Crippen molar-refractivity contribution < 1.29 is 44.1 Å². The highest BCUT2D eigenvalue weighted by Gasteiger charge is 2.35. The number of carboxylic acid groups (broad SMARTS) is 3. The van der Waals surface area contributed by atoms with Gasteiger partial charge in [-0.3, -0.25) is 43.5 Å². The molecule has 0 radical (unpaired) electrons. The van der Waals surface area contributed by atoms with Crippen LogP contribution in [-0.2, 0) is 28.8 Å². The molecule has 0 saturated carbocycles. The van der Waals surface area contributed by atoms with E-state index in [9.17, 15) is 44.1 Å². The number of nitrogens with zero attached hydrogens (tertiary/aromatic N) is 4. The minimum absolute atomic E-state index is 0.205. The van der Waals surface area contributed by atoms with Gasteiger partial charge in [-0.15, -0.1) is 34.0 Å². The van der Waals surface area contributed by atoms with Crippen molar-refractivity contribution in [3.8, 4) is 31.3 Å². The first-order chi connectivity index (χ1) is 33.6. The fraction of sp³-hybridized carbons (Fsp3) is 0.0625. The molecular formula is C48H30N4O9S9. The predicted octanol–water partition coefficient (Wildman–Crippen LogP) is 11.2. The SMILES string of the molecule is O=C(O)CN1C(=O)/C(=C/c2ccc(-c3ccc(N(c4ccc(-c5ccc(/C=C6/SC(=S)N(CC(=O)O)C6=O)s5)cc4)c4ccc(-c5ccc(/C=C6/SC(=S)N(CC(=O)O)C6=O)s5)cc4)cc3)s2)SC1=S. The summed E-state index contributed by atoms with van der Waals surface area (Å²) in [6, 6.07) is 36.0. The Balaban J connectivity index is 0.981. The molecule has 13 nitrogen and oxygen atoms in total. The van der Waals surface area contributed by atoms with Gasteiger partial charge in [0.2, 0.25) is 0 Å². The van der Waals surface area contributed by atoms with Crippen molar-refractivity contribution in [3.05, 3.63) is 139 Å². The molecule has 3 amide bonds. The first-order valence-corrected chi connectivity index (χ1v) is 26.5. The summed E-state index contributed by atoms with van der Waals surface area (Å²) >= 11 is 23.5. The summed E-state index contributed by atoms with van der Waals surface area (Å²) in [5, 5.41) is 27.6. The number of carbonyl (C=O) groups is 6. The minimum atomic E-state index is -1.14. The molecule has 6 heterocycles. The van der Waals surface area contributed by atoms with E-state index in [-0.39, 0.29) is 13.0 Å². The average Bonchev–Trinajstić information content (AvgIpc) is 4.21. The second-order valence-electron chi connectivity index (χ2n) is 15.1. The van der Waals surface area contributed by atoms with E-state index in [1.54, 1.807) is 18.2 Å². The number of thioether (sulfide) groups is 3. The highest BCUT2D eigenvalue weighted by Crippen LogP contribution is 2.42. The van der Waals surface area contributed by atoms with E-state index in [2.05, 4.69) is 4.90 Å². The molecule has 3 aliphatic heterocycles. The van der Waals surface area contributed by atoms with Crippen LogP contribution in [0.1, 0.15) is 14.6 Å². The van der Waals surface area contributed by atoms with Crippen LogP contribution in [0.3, 0.4) is 0 Å². The van der Waals surface area contributed by atoms with Crippen LogP contribution in [0.5, 0.6) is 0 Å². The first-order valence-electron chi connectivity index (χ1n) is 20.4. The molecule has 6 aromatic rings. The van der Waals surface area contributed by atoms with E-state index in [1.807, 2.05) is 109 Å². The lowest BCUT2D eigenvalue weighted by molar-refractivity contribution is -0.140. The fourth-order valence-corrected chi connectivity index (χ4v) is 14.1. The lowest BCUT2D eigenvalue weighted by Gasteiger charge is -2.26. The maximum Gasteiger partial charge on any atom is 0.323 e. The maximum atomic E-state index is 12.9. The molecule has 9 rings (SSSR count). The zero-order chi connectivity index (χ0) is 49.4. The van der Waals surface area contributed by atoms with Crippen LogP contribution in [0.15, 0.2) is 124 Å². The molecule has 0 atom stereocenters. The normalized spacial score (nSPS) is 16.8. The molecule has 3 N–H and O–H groups in total. The Morgan fingerprint density at radius 3 is 0.929 bits per heavy atom. The van der Waals surface area contributed by atoms with Crippen molar-refractivity contribution in [1.82, 2.24) is 14.7 Å². The topological polar surface area (TPSA) is 176 Å². The number of thiophene rings is 3. The van der Waals surface area contributed by atoms with Gasteiger partial charge in [0, 0.05) is 46.3 Å². The van der Waals surface area contributed by atoms with Gasteiger partial charge in [0.1, 0.15) is 32.6 Å². The average molecular weight is 1100 g/mol. The summed E-state index contributed by atoms with van der Waals surface area (Å²) in [6.45, 7) is -1.47. The largest absolute Gasteiger partial charge is 0.480 e. The number of hydrogen-bond donors (Lipinski definition) is 3. The molecular weight excluding hydrogens is 1070 g/mol. The highest BCUT2D eigenvalue weighted by molar-refractivity contribution is 8.27. The van der Waals surface area contributed by atoms with Crippen LogP contribution >= 0.6 is 106 Å². The van der Waals surface area contributed by atoms with Gasteiger partial charge in [0.15, 0.2) is 0 Å². The molecule has 3 aliphatic rings. The second kappa shape index (κ2) is 20.7. The number of rotatable bonds is 15. The van der Waals surface area contributed by atoms with Crippen molar-refractivity contribution in [3.63, 3.8) is 0 Å². The van der Waals surface area contributed by atoms with Crippen LogP contribution in [0, 0.1) is 0 Å². The summed E-state index contributed by atoms with van der Waals surface area (Å²) < 4.78 is 0.615. The molecule has 0 unspecified atom stereocenters. The lowest BCUT2D eigenvalue weighted by Crippen LogP contribution is -2.33. The molecule has 70 heavy (non-hydrogen) atoms.